The van der Waals surface area contributed by atoms with E-state index in [1.807, 2.05) is 0 Å². The van der Waals surface area contributed by atoms with Gasteiger partial charge in [0.2, 0.25) is 10.6 Å². The molecule has 16 heavy (non-hydrogen) atoms. The highest BCUT2D eigenvalue weighted by molar-refractivity contribution is 9.51. The van der Waals surface area contributed by atoms with Crippen molar-refractivity contribution in [2.24, 2.45) is 0 Å². The van der Waals surface area contributed by atoms with Crippen molar-refractivity contribution < 1.29 is 0 Å². The summed E-state index contributed by atoms with van der Waals surface area (Å²) in [6.45, 7) is 9.21. The van der Waals surface area contributed by atoms with Crippen LogP contribution in [0.25, 0.3) is 0 Å². The molecule has 0 aromatic heterocycles. The molecule has 0 bridgehead atoms. The summed E-state index contributed by atoms with van der Waals surface area (Å²) >= 11 is 15.6. The number of hydrogen-bond donors (Lipinski definition) is 0. The molecule has 98 valence electrons. The Labute approximate surface area is 134 Å². The molecule has 0 aromatic carbocycles. The normalized spacial score (nSPS) is 13.9. The lowest BCUT2D eigenvalue weighted by atomic mass is 10.4. The van der Waals surface area contributed by atoms with Gasteiger partial charge in [0.25, 0.3) is 0 Å². The fourth-order valence-corrected chi connectivity index (χ4v) is 7.26. The zero-order valence-electron chi connectivity index (χ0n) is 10.5. The average molecular weight is 518 g/mol. The molecule has 0 aliphatic carbocycles. The van der Waals surface area contributed by atoms with Gasteiger partial charge in [-0.2, -0.15) is 0 Å². The molecule has 0 saturated carbocycles. The maximum absolute atomic E-state index is 3.90. The fourth-order valence-electron chi connectivity index (χ4n) is 1.30. The van der Waals surface area contributed by atoms with Crippen LogP contribution in [0.15, 0.2) is 0 Å². The monoisotopic (exact) mass is 514 g/mol. The second-order valence-corrected chi connectivity index (χ2v) is 34.8. The lowest BCUT2D eigenvalue weighted by molar-refractivity contribution is 0.847. The molecule has 6 heteroatoms. The van der Waals surface area contributed by atoms with Gasteiger partial charge in [0.1, 0.15) is 0 Å². The molecule has 0 heterocycles. The second kappa shape index (κ2) is 7.83. The van der Waals surface area contributed by atoms with E-state index in [1.54, 1.807) is 0 Å². The van der Waals surface area contributed by atoms with E-state index in [0.717, 1.165) is 11.1 Å². The summed E-state index contributed by atoms with van der Waals surface area (Å²) in [7, 11) is 0. The number of hydrogen-bond acceptors (Lipinski definition) is 0. The van der Waals surface area contributed by atoms with Crippen molar-refractivity contribution in [2.75, 3.05) is 0 Å². The Kier molecular flexibility index (Phi) is 8.98. The lowest BCUT2D eigenvalue weighted by Gasteiger charge is -2.24. The summed E-state index contributed by atoms with van der Waals surface area (Å²) in [5.41, 5.74) is 1.51. The highest BCUT2D eigenvalue weighted by atomic mass is 79.9. The molecule has 0 rings (SSSR count). The Bertz CT molecular complexity index is 183. The van der Waals surface area contributed by atoms with Gasteiger partial charge in [0.05, 0.1) is 0 Å². The minimum atomic E-state index is -1.29. The van der Waals surface area contributed by atoms with Crippen LogP contribution in [0.3, 0.4) is 0 Å². The quantitative estimate of drug-likeness (QED) is 0.193. The van der Waals surface area contributed by atoms with Gasteiger partial charge in [0.15, 0.2) is 0 Å². The minimum absolute atomic E-state index is 0.757. The standard InChI is InChI=1S/C10H22Br4Si2/c1-9(2)15(11,12)7-5-6-8-16(13,14)10(3)4/h9-10H,5-8H2,1-4H3. The van der Waals surface area contributed by atoms with Crippen LogP contribution in [0, 0.1) is 0 Å². The number of unbranched alkanes of at least 4 members (excludes halogenated alkanes) is 1. The van der Waals surface area contributed by atoms with Gasteiger partial charge < -0.3 is 0 Å². The van der Waals surface area contributed by atoms with Crippen LogP contribution in [0.2, 0.25) is 23.2 Å². The van der Waals surface area contributed by atoms with Crippen LogP contribution >= 0.6 is 61.2 Å². The summed E-state index contributed by atoms with van der Waals surface area (Å²) in [5.74, 6) is 0. The van der Waals surface area contributed by atoms with E-state index in [0.29, 0.717) is 0 Å². The molecule has 0 aromatic rings. The van der Waals surface area contributed by atoms with E-state index >= 15 is 0 Å². The van der Waals surface area contributed by atoms with E-state index < -0.39 is 10.6 Å². The first-order valence-corrected chi connectivity index (χ1v) is 19.4. The lowest BCUT2D eigenvalue weighted by Crippen LogP contribution is -2.23. The van der Waals surface area contributed by atoms with Crippen molar-refractivity contribution in [1.29, 1.82) is 0 Å². The molecule has 0 unspecified atom stereocenters. The molecule has 0 saturated heterocycles. The molecular weight excluding hydrogens is 496 g/mol. The van der Waals surface area contributed by atoms with Crippen LogP contribution in [0.1, 0.15) is 40.5 Å². The molecule has 0 N–H and O–H groups in total. The Morgan fingerprint density at radius 2 is 0.938 bits per heavy atom. The fraction of sp³-hybridized carbons (Fsp3) is 1.00. The summed E-state index contributed by atoms with van der Waals surface area (Å²) in [4.78, 5) is 0. The van der Waals surface area contributed by atoms with Crippen molar-refractivity contribution >= 4 is 71.8 Å². The SMILES string of the molecule is CC(C)[Si](Br)(Br)CCCC[Si](Br)(Br)C(C)C. The largest absolute Gasteiger partial charge is 0.203 e. The highest BCUT2D eigenvalue weighted by Gasteiger charge is 2.32. The average Bonchev–Trinajstić information content (AvgIpc) is 2.12. The molecular formula is C10H22Br4Si2. The minimum Gasteiger partial charge on any atom is -0.111 e. The first-order chi connectivity index (χ1) is 7.09. The zero-order chi connectivity index (χ0) is 13.0. The van der Waals surface area contributed by atoms with Crippen molar-refractivity contribution in [3.63, 3.8) is 0 Å². The van der Waals surface area contributed by atoms with Crippen molar-refractivity contribution in [3.8, 4) is 0 Å². The van der Waals surface area contributed by atoms with Crippen LogP contribution in [0.5, 0.6) is 0 Å². The molecule has 0 nitrogen and oxygen atoms in total. The molecule has 0 fully saturated rings. The summed E-state index contributed by atoms with van der Waals surface area (Å²) in [5, 5.41) is -2.59. The van der Waals surface area contributed by atoms with Gasteiger partial charge in [-0.1, -0.05) is 40.5 Å². The third kappa shape index (κ3) is 7.07. The molecule has 0 aliphatic heterocycles. The Hall–Kier alpha value is 2.35. The first-order valence-electron chi connectivity index (χ1n) is 5.85. The summed E-state index contributed by atoms with van der Waals surface area (Å²) < 4.78 is 0. The second-order valence-electron chi connectivity index (χ2n) is 5.04. The van der Waals surface area contributed by atoms with Gasteiger partial charge in [-0.05, 0) is 23.2 Å². The highest BCUT2D eigenvalue weighted by Crippen LogP contribution is 2.41. The van der Waals surface area contributed by atoms with Gasteiger partial charge in [-0.3, -0.25) is 0 Å². The molecule has 0 atom stereocenters. The third-order valence-corrected chi connectivity index (χ3v) is 24.1. The topological polar surface area (TPSA) is 0 Å². The predicted octanol–water partition coefficient (Wildman–Crippen LogP) is 7.05. The Balaban J connectivity index is 3.85. The number of halogens is 4. The summed E-state index contributed by atoms with van der Waals surface area (Å²) in [6, 6.07) is 2.65. The van der Waals surface area contributed by atoms with Gasteiger partial charge in [0, 0.05) is 0 Å². The Morgan fingerprint density at radius 1 is 0.688 bits per heavy atom. The van der Waals surface area contributed by atoms with Crippen LogP contribution in [-0.2, 0) is 0 Å². The predicted molar refractivity (Wildman–Crippen MR) is 96.3 cm³/mol. The van der Waals surface area contributed by atoms with Crippen LogP contribution in [-0.4, -0.2) is 10.6 Å². The smallest absolute Gasteiger partial charge is 0.111 e. The van der Waals surface area contributed by atoms with E-state index in [-0.39, 0.29) is 0 Å². The first kappa shape index (κ1) is 18.4. The summed E-state index contributed by atoms with van der Waals surface area (Å²) in [6.07, 6.45) is 2.67. The number of rotatable bonds is 7. The molecule has 0 spiro atoms. The molecule has 0 amide bonds. The maximum Gasteiger partial charge on any atom is 0.203 e. The van der Waals surface area contributed by atoms with Crippen LogP contribution < -0.4 is 0 Å². The van der Waals surface area contributed by atoms with E-state index in [1.165, 1.54) is 24.9 Å². The van der Waals surface area contributed by atoms with Gasteiger partial charge in [-0.15, -0.1) is 61.2 Å². The Morgan fingerprint density at radius 3 is 1.12 bits per heavy atom. The van der Waals surface area contributed by atoms with Gasteiger partial charge in [-0.25, -0.2) is 0 Å². The zero-order valence-corrected chi connectivity index (χ0v) is 18.8. The van der Waals surface area contributed by atoms with Crippen molar-refractivity contribution in [1.82, 2.24) is 0 Å². The maximum atomic E-state index is 3.90. The van der Waals surface area contributed by atoms with Crippen LogP contribution in [0.4, 0.5) is 0 Å². The van der Waals surface area contributed by atoms with E-state index in [2.05, 4.69) is 88.9 Å². The van der Waals surface area contributed by atoms with Crippen molar-refractivity contribution in [2.45, 2.75) is 63.7 Å². The molecule has 0 radical (unpaired) electrons. The molecule has 0 aliphatic rings. The van der Waals surface area contributed by atoms with Crippen molar-refractivity contribution in [3.05, 3.63) is 0 Å². The van der Waals surface area contributed by atoms with E-state index in [4.69, 9.17) is 0 Å². The van der Waals surface area contributed by atoms with E-state index in [9.17, 15) is 0 Å². The third-order valence-electron chi connectivity index (χ3n) is 2.96. The van der Waals surface area contributed by atoms with Gasteiger partial charge >= 0.3 is 0 Å².